The molecule has 1 unspecified atom stereocenters. The molecule has 0 aliphatic carbocycles. The Hall–Kier alpha value is -0.770. The van der Waals surface area contributed by atoms with Crippen molar-refractivity contribution in [2.45, 2.75) is 38.3 Å². The molecule has 0 radical (unpaired) electrons. The molecule has 0 fully saturated rings. The van der Waals surface area contributed by atoms with E-state index in [-0.39, 0.29) is 5.60 Å². The van der Waals surface area contributed by atoms with Gasteiger partial charge in [0.15, 0.2) is 0 Å². The number of nitrogens with one attached hydrogen (secondary N) is 1. The predicted octanol–water partition coefficient (Wildman–Crippen LogP) is 3.29. The Morgan fingerprint density at radius 3 is 2.53 bits per heavy atom. The summed E-state index contributed by atoms with van der Waals surface area (Å²) >= 11 is 6.06. The van der Waals surface area contributed by atoms with E-state index in [0.29, 0.717) is 6.04 Å². The number of likely N-dealkylation sites (N-methyl/N-ethyl adjacent to an activating group) is 1. The first-order valence-corrected chi connectivity index (χ1v) is 6.84. The Balaban J connectivity index is 2.83. The van der Waals surface area contributed by atoms with Crippen LogP contribution in [0.4, 0.5) is 0 Å². The lowest BCUT2D eigenvalue weighted by Crippen LogP contribution is -2.37. The summed E-state index contributed by atoms with van der Waals surface area (Å²) in [4.78, 5) is 0. The third-order valence-electron chi connectivity index (χ3n) is 3.41. The highest BCUT2D eigenvalue weighted by Gasteiger charge is 2.23. The summed E-state index contributed by atoms with van der Waals surface area (Å²) in [5.41, 5.74) is 0.959. The van der Waals surface area contributed by atoms with Crippen molar-refractivity contribution in [2.24, 2.45) is 0 Å². The highest BCUT2D eigenvalue weighted by molar-refractivity contribution is 6.30. The van der Waals surface area contributed by atoms with Crippen molar-refractivity contribution in [3.05, 3.63) is 28.8 Å². The molecule has 1 atom stereocenters. The van der Waals surface area contributed by atoms with Gasteiger partial charge in [0.2, 0.25) is 0 Å². The molecule has 0 heterocycles. The van der Waals surface area contributed by atoms with Crippen LogP contribution in [-0.2, 0) is 11.2 Å². The Morgan fingerprint density at radius 1 is 1.32 bits per heavy atom. The molecule has 19 heavy (non-hydrogen) atoms. The normalized spacial score (nSPS) is 13.4. The number of hydrogen-bond donors (Lipinski definition) is 1. The molecule has 0 saturated carbocycles. The maximum atomic E-state index is 6.06. The lowest BCUT2D eigenvalue weighted by atomic mass is 9.94. The molecule has 1 N–H and O–H groups in total. The summed E-state index contributed by atoms with van der Waals surface area (Å²) in [5, 5.41) is 4.07. The van der Waals surface area contributed by atoms with Gasteiger partial charge in [0.25, 0.3) is 0 Å². The van der Waals surface area contributed by atoms with E-state index in [2.05, 4.69) is 19.2 Å². The van der Waals surface area contributed by atoms with Gasteiger partial charge in [-0.05, 0) is 57.5 Å². The van der Waals surface area contributed by atoms with E-state index in [1.807, 2.05) is 25.2 Å². The van der Waals surface area contributed by atoms with Crippen molar-refractivity contribution in [3.63, 3.8) is 0 Å². The van der Waals surface area contributed by atoms with Crippen LogP contribution in [0.25, 0.3) is 0 Å². The summed E-state index contributed by atoms with van der Waals surface area (Å²) in [6.45, 7) is 4.18. The average molecular weight is 286 g/mol. The van der Waals surface area contributed by atoms with Crippen LogP contribution in [0.3, 0.4) is 0 Å². The van der Waals surface area contributed by atoms with Gasteiger partial charge < -0.3 is 14.8 Å². The van der Waals surface area contributed by atoms with E-state index < -0.39 is 0 Å². The zero-order valence-corrected chi connectivity index (χ0v) is 13.2. The number of ether oxygens (including phenoxy) is 2. The summed E-state index contributed by atoms with van der Waals surface area (Å²) in [6, 6.07) is 6.02. The molecule has 0 amide bonds. The zero-order chi connectivity index (χ0) is 14.5. The maximum Gasteiger partial charge on any atom is 0.122 e. The molecule has 3 nitrogen and oxygen atoms in total. The van der Waals surface area contributed by atoms with E-state index >= 15 is 0 Å². The first-order valence-electron chi connectivity index (χ1n) is 6.46. The number of halogens is 1. The second-order valence-electron chi connectivity index (χ2n) is 5.31. The molecule has 1 rings (SSSR count). The van der Waals surface area contributed by atoms with Crippen LogP contribution >= 0.6 is 11.6 Å². The molecule has 0 aliphatic rings. The van der Waals surface area contributed by atoms with Gasteiger partial charge in [0.1, 0.15) is 5.75 Å². The van der Waals surface area contributed by atoms with Crippen LogP contribution in [-0.4, -0.2) is 32.9 Å². The molecule has 1 aromatic carbocycles. The van der Waals surface area contributed by atoms with Crippen molar-refractivity contribution in [2.75, 3.05) is 21.3 Å². The smallest absolute Gasteiger partial charge is 0.122 e. The van der Waals surface area contributed by atoms with Crippen molar-refractivity contribution >= 4 is 11.6 Å². The summed E-state index contributed by atoms with van der Waals surface area (Å²) < 4.78 is 10.9. The minimum Gasteiger partial charge on any atom is -0.496 e. The van der Waals surface area contributed by atoms with Crippen LogP contribution in [0.15, 0.2) is 18.2 Å². The van der Waals surface area contributed by atoms with Crippen molar-refractivity contribution < 1.29 is 9.47 Å². The Bertz CT molecular complexity index is 407. The van der Waals surface area contributed by atoms with Crippen LogP contribution in [0.5, 0.6) is 5.75 Å². The van der Waals surface area contributed by atoms with Crippen LogP contribution in [0.2, 0.25) is 5.02 Å². The fourth-order valence-electron chi connectivity index (χ4n) is 2.13. The molecular weight excluding hydrogens is 262 g/mol. The number of benzene rings is 1. The van der Waals surface area contributed by atoms with Crippen LogP contribution in [0, 0.1) is 0 Å². The molecule has 0 aromatic heterocycles. The van der Waals surface area contributed by atoms with Crippen molar-refractivity contribution in [3.8, 4) is 5.75 Å². The van der Waals surface area contributed by atoms with E-state index in [1.54, 1.807) is 14.2 Å². The summed E-state index contributed by atoms with van der Waals surface area (Å²) in [6.07, 6.45) is 1.77. The second-order valence-corrected chi connectivity index (χ2v) is 5.75. The quantitative estimate of drug-likeness (QED) is 0.834. The molecule has 0 saturated heterocycles. The first-order chi connectivity index (χ1) is 8.91. The molecule has 108 valence electrons. The topological polar surface area (TPSA) is 30.5 Å². The number of rotatable bonds is 7. The number of hydrogen-bond acceptors (Lipinski definition) is 3. The third kappa shape index (κ3) is 5.01. The Morgan fingerprint density at radius 2 is 2.00 bits per heavy atom. The maximum absolute atomic E-state index is 6.06. The molecule has 0 bridgehead atoms. The zero-order valence-electron chi connectivity index (χ0n) is 12.4. The monoisotopic (exact) mass is 285 g/mol. The van der Waals surface area contributed by atoms with E-state index in [0.717, 1.165) is 29.2 Å². The first kappa shape index (κ1) is 16.3. The fourth-order valence-corrected chi connectivity index (χ4v) is 2.32. The van der Waals surface area contributed by atoms with Gasteiger partial charge in [-0.3, -0.25) is 0 Å². The Kier molecular flexibility index (Phi) is 6.11. The van der Waals surface area contributed by atoms with Gasteiger partial charge >= 0.3 is 0 Å². The lowest BCUT2D eigenvalue weighted by molar-refractivity contribution is 0.00769. The Labute approximate surface area is 121 Å². The minimum absolute atomic E-state index is 0.153. The average Bonchev–Trinajstić information content (AvgIpc) is 2.38. The van der Waals surface area contributed by atoms with Crippen LogP contribution in [0.1, 0.15) is 25.8 Å². The highest BCUT2D eigenvalue weighted by atomic mass is 35.5. The van der Waals surface area contributed by atoms with Crippen molar-refractivity contribution in [1.29, 1.82) is 0 Å². The van der Waals surface area contributed by atoms with Gasteiger partial charge in [-0.1, -0.05) is 11.6 Å². The second kappa shape index (κ2) is 7.13. The lowest BCUT2D eigenvalue weighted by Gasteiger charge is -2.28. The van der Waals surface area contributed by atoms with Crippen LogP contribution < -0.4 is 10.1 Å². The van der Waals surface area contributed by atoms with E-state index in [9.17, 15) is 0 Å². The van der Waals surface area contributed by atoms with E-state index in [1.165, 1.54) is 0 Å². The minimum atomic E-state index is -0.153. The van der Waals surface area contributed by atoms with Gasteiger partial charge in [-0.25, -0.2) is 0 Å². The van der Waals surface area contributed by atoms with Gasteiger partial charge in [-0.15, -0.1) is 0 Å². The summed E-state index contributed by atoms with van der Waals surface area (Å²) in [7, 11) is 5.39. The summed E-state index contributed by atoms with van der Waals surface area (Å²) in [5.74, 6) is 0.875. The molecule has 0 aliphatic heterocycles. The fraction of sp³-hybridized carbons (Fsp3) is 0.600. The van der Waals surface area contributed by atoms with Crippen molar-refractivity contribution in [1.82, 2.24) is 5.32 Å². The van der Waals surface area contributed by atoms with Gasteiger partial charge in [-0.2, -0.15) is 0 Å². The molecule has 1 aromatic rings. The number of methoxy groups -OCH3 is 2. The largest absolute Gasteiger partial charge is 0.496 e. The van der Waals surface area contributed by atoms with Gasteiger partial charge in [0, 0.05) is 18.2 Å². The predicted molar refractivity (Wildman–Crippen MR) is 80.3 cm³/mol. The SMILES string of the molecule is CNC(Cc1cc(Cl)ccc1OC)CC(C)(C)OC. The van der Waals surface area contributed by atoms with Gasteiger partial charge in [0.05, 0.1) is 12.7 Å². The molecule has 4 heteroatoms. The molecule has 0 spiro atoms. The highest BCUT2D eigenvalue weighted by Crippen LogP contribution is 2.26. The molecular formula is C15H24ClNO2. The van der Waals surface area contributed by atoms with E-state index in [4.69, 9.17) is 21.1 Å². The standard InChI is InChI=1S/C15H24ClNO2/c1-15(2,19-5)10-13(17-3)9-11-8-12(16)6-7-14(11)18-4/h6-8,13,17H,9-10H2,1-5H3. The third-order valence-corrected chi connectivity index (χ3v) is 3.64.